The van der Waals surface area contributed by atoms with Crippen LogP contribution in [0.4, 0.5) is 0 Å². The van der Waals surface area contributed by atoms with Crippen molar-refractivity contribution in [3.63, 3.8) is 0 Å². The number of aliphatic hydroxyl groups is 1. The van der Waals surface area contributed by atoms with E-state index < -0.39 is 5.60 Å². The van der Waals surface area contributed by atoms with Gasteiger partial charge in [-0.25, -0.2) is 0 Å². The van der Waals surface area contributed by atoms with E-state index in [1.54, 1.807) is 25.3 Å². The molecule has 1 aromatic carbocycles. The van der Waals surface area contributed by atoms with Gasteiger partial charge in [0.25, 0.3) is 0 Å². The predicted molar refractivity (Wildman–Crippen MR) is 72.7 cm³/mol. The van der Waals surface area contributed by atoms with Crippen LogP contribution in [-0.4, -0.2) is 14.9 Å². The summed E-state index contributed by atoms with van der Waals surface area (Å²) in [7, 11) is 0. The predicted octanol–water partition coefficient (Wildman–Crippen LogP) is 3.37. The van der Waals surface area contributed by atoms with Crippen molar-refractivity contribution in [3.05, 3.63) is 52.8 Å². The molecular weight excluding hydrogens is 248 g/mol. The highest BCUT2D eigenvalue weighted by atomic mass is 35.5. The normalized spacial score (nSPS) is 14.8. The second kappa shape index (κ2) is 4.75. The third-order valence-corrected chi connectivity index (χ3v) is 3.32. The van der Waals surface area contributed by atoms with Crippen molar-refractivity contribution in [2.24, 2.45) is 0 Å². The molecule has 0 bridgehead atoms. The van der Waals surface area contributed by atoms with E-state index in [2.05, 4.69) is 5.10 Å². The van der Waals surface area contributed by atoms with Gasteiger partial charge in [-0.1, -0.05) is 23.7 Å². The van der Waals surface area contributed by atoms with Crippen molar-refractivity contribution < 1.29 is 5.11 Å². The van der Waals surface area contributed by atoms with Crippen molar-refractivity contribution in [1.82, 2.24) is 9.78 Å². The summed E-state index contributed by atoms with van der Waals surface area (Å²) in [6.45, 7) is 5.84. The van der Waals surface area contributed by atoms with Crippen molar-refractivity contribution >= 4 is 11.6 Å². The van der Waals surface area contributed by atoms with Crippen LogP contribution in [0, 0.1) is 0 Å². The molecule has 1 atom stereocenters. The highest BCUT2D eigenvalue weighted by Gasteiger charge is 2.29. The van der Waals surface area contributed by atoms with Gasteiger partial charge in [-0.05, 0) is 44.5 Å². The number of hydrogen-bond acceptors (Lipinski definition) is 2. The van der Waals surface area contributed by atoms with E-state index in [1.165, 1.54) is 0 Å². The van der Waals surface area contributed by atoms with Gasteiger partial charge in [-0.2, -0.15) is 5.10 Å². The lowest BCUT2D eigenvalue weighted by molar-refractivity contribution is 0.0900. The fourth-order valence-corrected chi connectivity index (χ4v) is 2.16. The van der Waals surface area contributed by atoms with Gasteiger partial charge in [-0.15, -0.1) is 0 Å². The van der Waals surface area contributed by atoms with E-state index in [-0.39, 0.29) is 6.04 Å². The standard InChI is InChI=1S/C14H17ClN2O/c1-10(2)17-13(8-9-16-17)14(3,18)11-4-6-12(15)7-5-11/h4-10,18H,1-3H3. The first-order chi connectivity index (χ1) is 8.43. The van der Waals surface area contributed by atoms with Crippen LogP contribution in [0.15, 0.2) is 36.5 Å². The molecule has 0 amide bonds. The molecule has 3 nitrogen and oxygen atoms in total. The fourth-order valence-electron chi connectivity index (χ4n) is 2.03. The molecule has 0 spiro atoms. The topological polar surface area (TPSA) is 38.0 Å². The van der Waals surface area contributed by atoms with Crippen LogP contribution in [0.5, 0.6) is 0 Å². The van der Waals surface area contributed by atoms with Crippen LogP contribution in [0.1, 0.15) is 38.1 Å². The number of benzene rings is 1. The molecule has 1 aromatic heterocycles. The summed E-state index contributed by atoms with van der Waals surface area (Å²) in [5, 5.41) is 15.7. The molecule has 0 aliphatic rings. The average molecular weight is 265 g/mol. The summed E-state index contributed by atoms with van der Waals surface area (Å²) < 4.78 is 1.83. The Morgan fingerprint density at radius 1 is 1.22 bits per heavy atom. The van der Waals surface area contributed by atoms with E-state index >= 15 is 0 Å². The molecule has 0 fully saturated rings. The van der Waals surface area contributed by atoms with Crippen LogP contribution in [0.3, 0.4) is 0 Å². The van der Waals surface area contributed by atoms with Gasteiger partial charge in [0.15, 0.2) is 0 Å². The number of halogens is 1. The highest BCUT2D eigenvalue weighted by molar-refractivity contribution is 6.30. The van der Waals surface area contributed by atoms with Crippen molar-refractivity contribution in [2.75, 3.05) is 0 Å². The Kier molecular flexibility index (Phi) is 3.46. The Morgan fingerprint density at radius 2 is 1.83 bits per heavy atom. The van der Waals surface area contributed by atoms with Crippen LogP contribution >= 0.6 is 11.6 Å². The zero-order valence-electron chi connectivity index (χ0n) is 10.8. The minimum Gasteiger partial charge on any atom is -0.379 e. The molecule has 0 saturated heterocycles. The molecule has 4 heteroatoms. The lowest BCUT2D eigenvalue weighted by Crippen LogP contribution is -2.27. The van der Waals surface area contributed by atoms with Gasteiger partial charge in [0.05, 0.1) is 5.69 Å². The molecule has 0 saturated carbocycles. The Hall–Kier alpha value is -1.32. The second-order valence-corrected chi connectivity index (χ2v) is 5.27. The first kappa shape index (κ1) is 13.1. The maximum atomic E-state index is 10.8. The lowest BCUT2D eigenvalue weighted by Gasteiger charge is -2.26. The molecule has 2 aromatic rings. The average Bonchev–Trinajstić information content (AvgIpc) is 2.79. The van der Waals surface area contributed by atoms with Gasteiger partial charge in [0, 0.05) is 17.3 Å². The van der Waals surface area contributed by atoms with Crippen molar-refractivity contribution in [2.45, 2.75) is 32.4 Å². The monoisotopic (exact) mass is 264 g/mol. The van der Waals surface area contributed by atoms with E-state index in [4.69, 9.17) is 11.6 Å². The van der Waals surface area contributed by atoms with Crippen LogP contribution < -0.4 is 0 Å². The summed E-state index contributed by atoms with van der Waals surface area (Å²) >= 11 is 5.87. The van der Waals surface area contributed by atoms with Crippen LogP contribution in [0.2, 0.25) is 5.02 Å². The Morgan fingerprint density at radius 3 is 2.39 bits per heavy atom. The zero-order chi connectivity index (χ0) is 13.3. The SMILES string of the molecule is CC(C)n1nccc1C(C)(O)c1ccc(Cl)cc1. The minimum absolute atomic E-state index is 0.203. The van der Waals surface area contributed by atoms with E-state index in [0.29, 0.717) is 5.02 Å². The Bertz CT molecular complexity index is 529. The molecule has 1 N–H and O–H groups in total. The van der Waals surface area contributed by atoms with Crippen LogP contribution in [0.25, 0.3) is 0 Å². The molecule has 0 radical (unpaired) electrons. The van der Waals surface area contributed by atoms with E-state index in [9.17, 15) is 5.11 Å². The molecular formula is C14H17ClN2O. The maximum Gasteiger partial charge on any atom is 0.128 e. The molecule has 96 valence electrons. The highest BCUT2D eigenvalue weighted by Crippen LogP contribution is 2.30. The quantitative estimate of drug-likeness (QED) is 0.923. The summed E-state index contributed by atoms with van der Waals surface area (Å²) in [4.78, 5) is 0. The van der Waals surface area contributed by atoms with Gasteiger partial charge >= 0.3 is 0 Å². The van der Waals surface area contributed by atoms with E-state index in [1.807, 2.05) is 36.7 Å². The summed E-state index contributed by atoms with van der Waals surface area (Å²) in [6, 6.07) is 9.27. The lowest BCUT2D eigenvalue weighted by atomic mass is 9.92. The zero-order valence-corrected chi connectivity index (χ0v) is 11.5. The minimum atomic E-state index is -1.08. The number of nitrogens with zero attached hydrogens (tertiary/aromatic N) is 2. The Labute approximate surface area is 112 Å². The largest absolute Gasteiger partial charge is 0.379 e. The number of hydrogen-bond donors (Lipinski definition) is 1. The summed E-state index contributed by atoms with van der Waals surface area (Å²) in [5.74, 6) is 0. The van der Waals surface area contributed by atoms with Gasteiger partial charge in [0.1, 0.15) is 5.60 Å². The maximum absolute atomic E-state index is 10.8. The van der Waals surface area contributed by atoms with Gasteiger partial charge in [-0.3, -0.25) is 4.68 Å². The summed E-state index contributed by atoms with van der Waals surface area (Å²) in [5.41, 5.74) is 0.500. The molecule has 18 heavy (non-hydrogen) atoms. The Balaban J connectivity index is 2.47. The van der Waals surface area contributed by atoms with E-state index in [0.717, 1.165) is 11.3 Å². The van der Waals surface area contributed by atoms with Gasteiger partial charge in [0.2, 0.25) is 0 Å². The molecule has 0 aliphatic heterocycles. The summed E-state index contributed by atoms with van der Waals surface area (Å²) in [6.07, 6.45) is 1.71. The first-order valence-electron chi connectivity index (χ1n) is 5.95. The number of aromatic nitrogens is 2. The van der Waals surface area contributed by atoms with Crippen molar-refractivity contribution in [1.29, 1.82) is 0 Å². The second-order valence-electron chi connectivity index (χ2n) is 4.83. The molecule has 0 aliphatic carbocycles. The van der Waals surface area contributed by atoms with Crippen molar-refractivity contribution in [3.8, 4) is 0 Å². The molecule has 1 unspecified atom stereocenters. The smallest absolute Gasteiger partial charge is 0.128 e. The first-order valence-corrected chi connectivity index (χ1v) is 6.33. The third-order valence-electron chi connectivity index (χ3n) is 3.06. The third kappa shape index (κ3) is 2.28. The molecule has 1 heterocycles. The van der Waals surface area contributed by atoms with Crippen LogP contribution in [-0.2, 0) is 5.60 Å². The van der Waals surface area contributed by atoms with Gasteiger partial charge < -0.3 is 5.11 Å². The fraction of sp³-hybridized carbons (Fsp3) is 0.357. The number of rotatable bonds is 3. The molecule has 2 rings (SSSR count).